The van der Waals surface area contributed by atoms with E-state index in [2.05, 4.69) is 129 Å². The Balaban J connectivity index is 4.26. The van der Waals surface area contributed by atoms with Crippen LogP contribution in [0.4, 0.5) is 5.69 Å². The number of halogens is 1. The van der Waals surface area contributed by atoms with Crippen molar-refractivity contribution >= 4 is 47.9 Å². The summed E-state index contributed by atoms with van der Waals surface area (Å²) in [5.41, 5.74) is 5.62. The van der Waals surface area contributed by atoms with Crippen LogP contribution in [0.2, 0.25) is 39.3 Å². The van der Waals surface area contributed by atoms with E-state index >= 15 is 0 Å². The molecule has 0 aliphatic heterocycles. The van der Waals surface area contributed by atoms with Crippen molar-refractivity contribution in [1.82, 2.24) is 0 Å². The van der Waals surface area contributed by atoms with Crippen LogP contribution in [0, 0.1) is 0 Å². The maximum atomic E-state index is 5.56. The van der Waals surface area contributed by atoms with E-state index in [1.54, 1.807) is 4.54 Å². The molecule has 1 rings (SSSR count). The molecular formula is C25H47BrNPSi2. The van der Waals surface area contributed by atoms with Crippen molar-refractivity contribution in [3.8, 4) is 0 Å². The summed E-state index contributed by atoms with van der Waals surface area (Å²) in [6.07, 6.45) is 0. The van der Waals surface area contributed by atoms with Crippen LogP contribution in [0.3, 0.4) is 0 Å². The molecule has 0 amide bonds. The minimum absolute atomic E-state index is 0.0434. The average Bonchev–Trinajstić information content (AvgIpc) is 2.39. The van der Waals surface area contributed by atoms with Crippen LogP contribution in [0.25, 0.3) is 0 Å². The largest absolute Gasteiger partial charge is 0.227 e. The molecular weight excluding hydrogens is 481 g/mol. The van der Waals surface area contributed by atoms with Gasteiger partial charge in [0, 0.05) is 6.04 Å². The normalized spacial score (nSPS) is 14.9. The zero-order valence-corrected chi connectivity index (χ0v) is 26.9. The molecule has 0 fully saturated rings. The fourth-order valence-electron chi connectivity index (χ4n) is 4.13. The number of nitrogens with zero attached hydrogens (tertiary/aromatic N) is 1. The molecule has 0 heterocycles. The number of hydrogen-bond acceptors (Lipinski definition) is 1. The van der Waals surface area contributed by atoms with E-state index in [1.165, 1.54) is 22.4 Å². The zero-order chi connectivity index (χ0) is 24.1. The summed E-state index contributed by atoms with van der Waals surface area (Å²) in [6.45, 7) is 35.9. The molecule has 1 atom stereocenters. The van der Waals surface area contributed by atoms with E-state index in [-0.39, 0.29) is 16.2 Å². The Morgan fingerprint density at radius 2 is 1.03 bits per heavy atom. The van der Waals surface area contributed by atoms with E-state index in [4.69, 9.17) is 4.74 Å². The Hall–Kier alpha value is 0.104. The summed E-state index contributed by atoms with van der Waals surface area (Å²) in [4.78, 5) is 0. The summed E-state index contributed by atoms with van der Waals surface area (Å²) in [7, 11) is -2.88. The number of rotatable bonds is 3. The van der Waals surface area contributed by atoms with Crippen molar-refractivity contribution in [3.05, 3.63) is 28.8 Å². The first kappa shape index (κ1) is 28.1. The summed E-state index contributed by atoms with van der Waals surface area (Å²) in [5.74, 6) is 0. The fourth-order valence-corrected chi connectivity index (χ4v) is 28.4. The highest BCUT2D eigenvalue weighted by atomic mass is 79.9. The Bertz CT molecular complexity index is 823. The molecule has 1 nitrogen and oxygen atoms in total. The lowest BCUT2D eigenvalue weighted by Crippen LogP contribution is -2.48. The third-order valence-corrected chi connectivity index (χ3v) is 22.3. The minimum Gasteiger partial charge on any atom is -0.227 e. The van der Waals surface area contributed by atoms with E-state index < -0.39 is 22.2 Å². The van der Waals surface area contributed by atoms with E-state index in [0.717, 1.165) is 0 Å². The molecule has 172 valence electrons. The Kier molecular flexibility index (Phi) is 8.26. The average molecular weight is 529 g/mol. The zero-order valence-electron chi connectivity index (χ0n) is 22.4. The molecule has 1 aromatic rings. The molecule has 0 saturated heterocycles. The quantitative estimate of drug-likeness (QED) is 0.273. The summed E-state index contributed by atoms with van der Waals surface area (Å²) >= 11 is 4.14. The topological polar surface area (TPSA) is 12.4 Å². The Morgan fingerprint density at radius 3 is 1.27 bits per heavy atom. The lowest BCUT2D eigenvalue weighted by molar-refractivity contribution is 0.550. The first-order valence-electron chi connectivity index (χ1n) is 11.2. The van der Waals surface area contributed by atoms with Gasteiger partial charge in [-0.3, -0.25) is 0 Å². The van der Waals surface area contributed by atoms with Crippen molar-refractivity contribution in [1.29, 1.82) is 0 Å². The predicted molar refractivity (Wildman–Crippen MR) is 152 cm³/mol. The van der Waals surface area contributed by atoms with Gasteiger partial charge in [0.1, 0.15) is 0 Å². The Labute approximate surface area is 198 Å². The molecule has 0 N–H and O–H groups in total. The molecule has 0 aliphatic rings. The summed E-state index contributed by atoms with van der Waals surface area (Å²) in [6, 6.07) is 4.19. The van der Waals surface area contributed by atoms with Gasteiger partial charge in [-0.05, 0) is 53.0 Å². The van der Waals surface area contributed by atoms with Gasteiger partial charge in [0.25, 0.3) is 0 Å². The van der Waals surface area contributed by atoms with Crippen LogP contribution in [0.15, 0.2) is 16.9 Å². The second kappa shape index (κ2) is 8.80. The van der Waals surface area contributed by atoms with E-state index in [9.17, 15) is 0 Å². The first-order valence-corrected chi connectivity index (χ1v) is 21.5. The van der Waals surface area contributed by atoms with Crippen LogP contribution in [0.1, 0.15) is 79.0 Å². The number of benzene rings is 1. The monoisotopic (exact) mass is 527 g/mol. The fraction of sp³-hybridized carbons (Fsp3) is 0.720. The highest BCUT2D eigenvalue weighted by Crippen LogP contribution is 2.47. The molecule has 0 aromatic heterocycles. The molecule has 5 heteroatoms. The van der Waals surface area contributed by atoms with Gasteiger partial charge in [-0.2, -0.15) is 0 Å². The van der Waals surface area contributed by atoms with Gasteiger partial charge >= 0.3 is 0 Å². The van der Waals surface area contributed by atoms with Gasteiger partial charge in [0.15, 0.2) is 0 Å². The highest BCUT2D eigenvalue weighted by molar-refractivity contribution is 9.37. The summed E-state index contributed by atoms with van der Waals surface area (Å²) in [5, 5.41) is 0. The maximum absolute atomic E-state index is 5.56. The van der Waals surface area contributed by atoms with Crippen molar-refractivity contribution < 1.29 is 0 Å². The lowest BCUT2D eigenvalue weighted by atomic mass is 9.74. The van der Waals surface area contributed by atoms with Crippen LogP contribution < -0.4 is 0 Å². The van der Waals surface area contributed by atoms with Crippen molar-refractivity contribution in [2.75, 3.05) is 0 Å². The molecule has 1 unspecified atom stereocenters. The Morgan fingerprint density at radius 1 is 0.700 bits per heavy atom. The standard InChI is InChI=1S/C25H47BrNPSi2/c1-23(2,3)18-16-19(24(4,5)6)21(20(17-18)25(7,8)9)27-28(26)22(29(10,11)12)30(13,14)15/h16-17H,1-15H3. The molecule has 0 radical (unpaired) electrons. The predicted octanol–water partition coefficient (Wildman–Crippen LogP) is 10.1. The molecule has 1 aromatic carbocycles. The van der Waals surface area contributed by atoms with E-state index in [0.29, 0.717) is 0 Å². The SMILES string of the molecule is CC(C)(C)c1cc(C(C)(C)C)c(N=P(Br)=C([Si](C)(C)C)[Si](C)(C)C)c(C(C)(C)C)c1. The molecule has 0 aliphatic carbocycles. The van der Waals surface area contributed by atoms with Gasteiger partial charge in [-0.15, -0.1) is 0 Å². The summed E-state index contributed by atoms with van der Waals surface area (Å²) < 4.78 is 7.33. The van der Waals surface area contributed by atoms with Crippen molar-refractivity contribution in [3.63, 3.8) is 0 Å². The van der Waals surface area contributed by atoms with Crippen LogP contribution in [-0.2, 0) is 16.2 Å². The van der Waals surface area contributed by atoms with Crippen molar-refractivity contribution in [2.24, 2.45) is 4.74 Å². The van der Waals surface area contributed by atoms with Crippen LogP contribution >= 0.6 is 21.5 Å². The van der Waals surface area contributed by atoms with Gasteiger partial charge in [0.05, 0.1) is 21.8 Å². The first-order chi connectivity index (χ1) is 13.0. The lowest BCUT2D eigenvalue weighted by Gasteiger charge is -2.33. The maximum Gasteiger partial charge on any atom is 0.0756 e. The third-order valence-electron chi connectivity index (χ3n) is 5.39. The van der Waals surface area contributed by atoms with Crippen molar-refractivity contribution in [2.45, 2.75) is 118 Å². The van der Waals surface area contributed by atoms with Gasteiger partial charge in [0.2, 0.25) is 0 Å². The van der Waals surface area contributed by atoms with Crippen LogP contribution in [0.5, 0.6) is 0 Å². The molecule has 0 saturated carbocycles. The molecule has 0 spiro atoms. The molecule has 0 bridgehead atoms. The smallest absolute Gasteiger partial charge is 0.0756 e. The second-order valence-corrected chi connectivity index (χ2v) is 28.4. The highest BCUT2D eigenvalue weighted by Gasteiger charge is 2.34. The van der Waals surface area contributed by atoms with Gasteiger partial charge < -0.3 is 0 Å². The van der Waals surface area contributed by atoms with Crippen LogP contribution in [-0.4, -0.2) is 20.7 Å². The molecule has 30 heavy (non-hydrogen) atoms. The van der Waals surface area contributed by atoms with E-state index in [1.807, 2.05) is 0 Å². The third kappa shape index (κ3) is 7.05. The van der Waals surface area contributed by atoms with Gasteiger partial charge in [-0.25, -0.2) is 4.74 Å². The van der Waals surface area contributed by atoms with Gasteiger partial charge in [-0.1, -0.05) is 114 Å². The number of hydrogen-bond donors (Lipinski definition) is 0. The second-order valence-electron chi connectivity index (χ2n) is 13.9. The minimum atomic E-state index is -1.44.